The van der Waals surface area contributed by atoms with Gasteiger partial charge in [-0.1, -0.05) is 24.3 Å². The highest BCUT2D eigenvalue weighted by Crippen LogP contribution is 2.22. The minimum atomic E-state index is -0.207. The summed E-state index contributed by atoms with van der Waals surface area (Å²) in [7, 11) is 0. The number of fused-ring (bicyclic) bond motifs is 1. The standard InChI is InChI=1S/C21H23N3O3/c1-4-27-18-12-8-6-10-16(18)21(26)24(14(2)3)13-19-22-17-11-7-5-9-15(17)20(25)23-19/h5-12,14H,4,13H2,1-3H3,(H,22,23,25). The van der Waals surface area contributed by atoms with Gasteiger partial charge in [-0.05, 0) is 45.0 Å². The molecule has 0 spiro atoms. The highest BCUT2D eigenvalue weighted by molar-refractivity contribution is 5.97. The monoisotopic (exact) mass is 365 g/mol. The van der Waals surface area contributed by atoms with Crippen LogP contribution in [0.4, 0.5) is 0 Å². The number of hydrogen-bond acceptors (Lipinski definition) is 4. The summed E-state index contributed by atoms with van der Waals surface area (Å²) in [4.78, 5) is 34.4. The van der Waals surface area contributed by atoms with Gasteiger partial charge in [0.2, 0.25) is 0 Å². The van der Waals surface area contributed by atoms with E-state index in [0.717, 1.165) is 0 Å². The lowest BCUT2D eigenvalue weighted by Gasteiger charge is -2.27. The van der Waals surface area contributed by atoms with Crippen molar-refractivity contribution in [1.29, 1.82) is 0 Å². The fourth-order valence-corrected chi connectivity index (χ4v) is 2.94. The van der Waals surface area contributed by atoms with Gasteiger partial charge in [0.25, 0.3) is 11.5 Å². The second-order valence-electron chi connectivity index (χ2n) is 6.49. The van der Waals surface area contributed by atoms with Gasteiger partial charge in [0.15, 0.2) is 0 Å². The number of nitrogens with zero attached hydrogens (tertiary/aromatic N) is 2. The number of hydrogen-bond donors (Lipinski definition) is 1. The van der Waals surface area contributed by atoms with Crippen LogP contribution >= 0.6 is 0 Å². The Morgan fingerprint density at radius 3 is 2.59 bits per heavy atom. The van der Waals surface area contributed by atoms with Gasteiger partial charge in [-0.25, -0.2) is 4.98 Å². The molecule has 140 valence electrons. The Labute approximate surface area is 157 Å². The van der Waals surface area contributed by atoms with Gasteiger partial charge in [-0.2, -0.15) is 0 Å². The van der Waals surface area contributed by atoms with Gasteiger partial charge in [0.05, 0.1) is 29.6 Å². The fraction of sp³-hybridized carbons (Fsp3) is 0.286. The molecular formula is C21H23N3O3. The van der Waals surface area contributed by atoms with Crippen LogP contribution in [0.5, 0.6) is 5.75 Å². The van der Waals surface area contributed by atoms with Gasteiger partial charge in [0.1, 0.15) is 11.6 Å². The highest BCUT2D eigenvalue weighted by Gasteiger charge is 2.23. The molecule has 1 heterocycles. The molecule has 6 nitrogen and oxygen atoms in total. The topological polar surface area (TPSA) is 75.3 Å². The number of para-hydroxylation sites is 2. The van der Waals surface area contributed by atoms with Crippen molar-refractivity contribution >= 4 is 16.8 Å². The van der Waals surface area contributed by atoms with Crippen LogP contribution in [0.15, 0.2) is 53.3 Å². The summed E-state index contributed by atoms with van der Waals surface area (Å²) in [5.74, 6) is 0.843. The summed E-state index contributed by atoms with van der Waals surface area (Å²) in [5.41, 5.74) is 0.903. The summed E-state index contributed by atoms with van der Waals surface area (Å²) in [6.07, 6.45) is 0. The molecule has 0 aliphatic heterocycles. The van der Waals surface area contributed by atoms with E-state index in [1.165, 1.54) is 0 Å². The third-order valence-electron chi connectivity index (χ3n) is 4.28. The first-order valence-electron chi connectivity index (χ1n) is 9.02. The molecule has 6 heteroatoms. The molecule has 0 saturated heterocycles. The zero-order valence-corrected chi connectivity index (χ0v) is 15.7. The lowest BCUT2D eigenvalue weighted by molar-refractivity contribution is 0.0681. The number of rotatable bonds is 6. The predicted octanol–water partition coefficient (Wildman–Crippen LogP) is 3.37. The molecule has 3 aromatic rings. The maximum absolute atomic E-state index is 13.2. The first kappa shape index (κ1) is 18.6. The summed E-state index contributed by atoms with van der Waals surface area (Å²) in [5, 5.41) is 0.533. The average Bonchev–Trinajstić information content (AvgIpc) is 2.66. The third-order valence-corrected chi connectivity index (χ3v) is 4.28. The summed E-state index contributed by atoms with van der Waals surface area (Å²) < 4.78 is 5.59. The van der Waals surface area contributed by atoms with Gasteiger partial charge in [-0.15, -0.1) is 0 Å². The lowest BCUT2D eigenvalue weighted by atomic mass is 10.1. The van der Waals surface area contributed by atoms with Crippen LogP contribution in [-0.4, -0.2) is 33.4 Å². The van der Waals surface area contributed by atoms with Crippen molar-refractivity contribution < 1.29 is 9.53 Å². The molecule has 0 aliphatic carbocycles. The summed E-state index contributed by atoms with van der Waals surface area (Å²) in [6.45, 7) is 6.43. The zero-order valence-electron chi connectivity index (χ0n) is 15.7. The number of carbonyl (C=O) groups is 1. The fourth-order valence-electron chi connectivity index (χ4n) is 2.94. The van der Waals surface area contributed by atoms with E-state index in [0.29, 0.717) is 34.6 Å². The van der Waals surface area contributed by atoms with Crippen molar-refractivity contribution in [3.8, 4) is 5.75 Å². The summed E-state index contributed by atoms with van der Waals surface area (Å²) in [6, 6.07) is 14.3. The third kappa shape index (κ3) is 4.00. The normalized spacial score (nSPS) is 11.0. The SMILES string of the molecule is CCOc1ccccc1C(=O)N(Cc1nc2ccccc2c(=O)[nH]1)C(C)C. The first-order chi connectivity index (χ1) is 13.0. The maximum Gasteiger partial charge on any atom is 0.258 e. The minimum Gasteiger partial charge on any atom is -0.493 e. The Kier molecular flexibility index (Phi) is 5.54. The van der Waals surface area contributed by atoms with Crippen molar-refractivity contribution in [3.63, 3.8) is 0 Å². The van der Waals surface area contributed by atoms with E-state index < -0.39 is 0 Å². The van der Waals surface area contributed by atoms with Gasteiger partial charge in [0, 0.05) is 6.04 Å². The molecule has 0 bridgehead atoms. The maximum atomic E-state index is 13.2. The Morgan fingerprint density at radius 1 is 1.15 bits per heavy atom. The van der Waals surface area contributed by atoms with E-state index >= 15 is 0 Å². The molecule has 2 aromatic carbocycles. The number of benzene rings is 2. The molecule has 1 aromatic heterocycles. The molecule has 0 fully saturated rings. The molecular weight excluding hydrogens is 342 g/mol. The minimum absolute atomic E-state index is 0.0797. The van der Waals surface area contributed by atoms with Gasteiger partial charge >= 0.3 is 0 Å². The highest BCUT2D eigenvalue weighted by atomic mass is 16.5. The van der Waals surface area contributed by atoms with Gasteiger partial charge in [-0.3, -0.25) is 9.59 Å². The van der Waals surface area contributed by atoms with Crippen molar-refractivity contribution in [2.45, 2.75) is 33.4 Å². The molecule has 3 rings (SSSR count). The van der Waals surface area contributed by atoms with Crippen LogP contribution < -0.4 is 10.3 Å². The first-order valence-corrected chi connectivity index (χ1v) is 9.02. The molecule has 0 radical (unpaired) electrons. The molecule has 1 N–H and O–H groups in total. The molecule has 0 saturated carbocycles. The molecule has 27 heavy (non-hydrogen) atoms. The van der Waals surface area contributed by atoms with Crippen molar-refractivity contribution in [2.75, 3.05) is 6.61 Å². The largest absolute Gasteiger partial charge is 0.493 e. The van der Waals surface area contributed by atoms with E-state index in [1.54, 1.807) is 35.2 Å². The number of aromatic amines is 1. The van der Waals surface area contributed by atoms with E-state index in [-0.39, 0.29) is 24.1 Å². The van der Waals surface area contributed by atoms with Crippen LogP contribution in [0.2, 0.25) is 0 Å². The predicted molar refractivity (Wildman–Crippen MR) is 105 cm³/mol. The molecule has 1 amide bonds. The lowest BCUT2D eigenvalue weighted by Crippen LogP contribution is -2.37. The number of nitrogens with one attached hydrogen (secondary N) is 1. The van der Waals surface area contributed by atoms with Crippen LogP contribution in [0.25, 0.3) is 10.9 Å². The van der Waals surface area contributed by atoms with Gasteiger partial charge < -0.3 is 14.6 Å². The Hall–Kier alpha value is -3.15. The Bertz CT molecular complexity index is 1010. The number of amides is 1. The Balaban J connectivity index is 1.95. The van der Waals surface area contributed by atoms with Crippen LogP contribution in [0.1, 0.15) is 37.0 Å². The quantitative estimate of drug-likeness (QED) is 0.727. The van der Waals surface area contributed by atoms with E-state index in [9.17, 15) is 9.59 Å². The van der Waals surface area contributed by atoms with E-state index in [2.05, 4.69) is 9.97 Å². The van der Waals surface area contributed by atoms with Crippen LogP contribution in [0, 0.1) is 0 Å². The number of carbonyl (C=O) groups excluding carboxylic acids is 1. The second kappa shape index (κ2) is 8.03. The van der Waals surface area contributed by atoms with E-state index in [4.69, 9.17) is 4.74 Å². The molecule has 0 atom stereocenters. The van der Waals surface area contributed by atoms with Crippen LogP contribution in [-0.2, 0) is 6.54 Å². The molecule has 0 aliphatic rings. The number of H-pyrrole nitrogens is 1. The number of ether oxygens (including phenoxy) is 1. The second-order valence-corrected chi connectivity index (χ2v) is 6.49. The van der Waals surface area contributed by atoms with Crippen molar-refractivity contribution in [3.05, 3.63) is 70.3 Å². The average molecular weight is 365 g/mol. The van der Waals surface area contributed by atoms with E-state index in [1.807, 2.05) is 39.0 Å². The van der Waals surface area contributed by atoms with Crippen molar-refractivity contribution in [1.82, 2.24) is 14.9 Å². The summed E-state index contributed by atoms with van der Waals surface area (Å²) >= 11 is 0. The zero-order chi connectivity index (χ0) is 19.4. The molecule has 0 unspecified atom stereocenters. The van der Waals surface area contributed by atoms with Crippen molar-refractivity contribution in [2.24, 2.45) is 0 Å². The smallest absolute Gasteiger partial charge is 0.258 e. The Morgan fingerprint density at radius 2 is 1.85 bits per heavy atom. The number of aromatic nitrogens is 2. The van der Waals surface area contributed by atoms with Crippen LogP contribution in [0.3, 0.4) is 0 Å².